The molecule has 0 fully saturated rings. The fourth-order valence-electron chi connectivity index (χ4n) is 1.09. The summed E-state index contributed by atoms with van der Waals surface area (Å²) in [5.41, 5.74) is 3.58. The molecule has 0 saturated heterocycles. The van der Waals surface area contributed by atoms with Crippen LogP contribution >= 0.6 is 0 Å². The summed E-state index contributed by atoms with van der Waals surface area (Å²) in [5, 5.41) is 3.17. The highest BCUT2D eigenvalue weighted by Crippen LogP contribution is 2.20. The maximum Gasteiger partial charge on any atom is 0.0626 e. The third-order valence-corrected chi connectivity index (χ3v) is 1.97. The first-order valence-electron chi connectivity index (χ1n) is 3.88. The summed E-state index contributed by atoms with van der Waals surface area (Å²) < 4.78 is 0. The molecule has 1 rings (SSSR count). The first kappa shape index (κ1) is 8.05. The summed E-state index contributed by atoms with van der Waals surface area (Å²) >= 11 is 0. The molecule has 0 spiro atoms. The average Bonchev–Trinajstić information content (AvgIpc) is 2.05. The van der Waals surface area contributed by atoms with Gasteiger partial charge in [-0.05, 0) is 25.6 Å². The van der Waals surface area contributed by atoms with Crippen LogP contribution in [0.15, 0.2) is 28.2 Å². The molecule has 0 bridgehead atoms. The van der Waals surface area contributed by atoms with Crippen molar-refractivity contribution in [2.45, 2.75) is 26.7 Å². The summed E-state index contributed by atoms with van der Waals surface area (Å²) in [6.07, 6.45) is 4.10. The second-order valence-electron chi connectivity index (χ2n) is 2.71. The zero-order chi connectivity index (χ0) is 8.27. The van der Waals surface area contributed by atoms with Gasteiger partial charge in [-0.1, -0.05) is 6.92 Å². The first-order chi connectivity index (χ1) is 5.27. The molecule has 0 atom stereocenters. The second-order valence-corrected chi connectivity index (χ2v) is 2.71. The van der Waals surface area contributed by atoms with Crippen LogP contribution in [0, 0.1) is 0 Å². The minimum atomic E-state index is 0.957. The van der Waals surface area contributed by atoms with Crippen LogP contribution < -0.4 is 5.32 Å². The molecular weight excluding hydrogens is 136 g/mol. The number of dihydropyridines is 1. The minimum absolute atomic E-state index is 0.957. The highest BCUT2D eigenvalue weighted by Gasteiger charge is 2.07. The normalized spacial score (nSPS) is 17.5. The number of rotatable bonds is 2. The van der Waals surface area contributed by atoms with E-state index in [4.69, 9.17) is 0 Å². The van der Waals surface area contributed by atoms with Gasteiger partial charge in [0.25, 0.3) is 0 Å². The van der Waals surface area contributed by atoms with Crippen LogP contribution in [0.25, 0.3) is 0 Å². The van der Waals surface area contributed by atoms with Crippen molar-refractivity contribution in [2.24, 2.45) is 4.99 Å². The predicted molar refractivity (Wildman–Crippen MR) is 48.4 cm³/mol. The van der Waals surface area contributed by atoms with Crippen molar-refractivity contribution in [3.8, 4) is 0 Å². The highest BCUT2D eigenvalue weighted by molar-refractivity contribution is 5.34. The van der Waals surface area contributed by atoms with Crippen LogP contribution in [0.2, 0.25) is 0 Å². The second kappa shape index (κ2) is 3.37. The van der Waals surface area contributed by atoms with E-state index in [9.17, 15) is 0 Å². The van der Waals surface area contributed by atoms with Crippen LogP contribution in [0.4, 0.5) is 0 Å². The molecule has 2 nitrogen and oxygen atoms in total. The summed E-state index contributed by atoms with van der Waals surface area (Å²) in [5.74, 6) is 0. The quantitative estimate of drug-likeness (QED) is 0.599. The molecule has 1 aliphatic heterocycles. The Bertz CT molecular complexity index is 224. The molecule has 1 heterocycles. The lowest BCUT2D eigenvalue weighted by Crippen LogP contribution is -2.11. The van der Waals surface area contributed by atoms with Gasteiger partial charge in [0.15, 0.2) is 0 Å². The van der Waals surface area contributed by atoms with Gasteiger partial charge in [-0.25, -0.2) is 0 Å². The van der Waals surface area contributed by atoms with E-state index in [1.54, 1.807) is 0 Å². The average molecular weight is 150 g/mol. The Morgan fingerprint density at radius 2 is 2.45 bits per heavy atom. The van der Waals surface area contributed by atoms with E-state index in [-0.39, 0.29) is 0 Å². The number of hydrogen-bond donors (Lipinski definition) is 1. The van der Waals surface area contributed by atoms with E-state index in [0.717, 1.165) is 24.2 Å². The van der Waals surface area contributed by atoms with Gasteiger partial charge in [-0.3, -0.25) is 4.99 Å². The van der Waals surface area contributed by atoms with Crippen molar-refractivity contribution in [2.75, 3.05) is 0 Å². The minimum Gasteiger partial charge on any atom is -0.364 e. The largest absolute Gasteiger partial charge is 0.364 e. The predicted octanol–water partition coefficient (Wildman–Crippen LogP) is 2.21. The Kier molecular flexibility index (Phi) is 2.47. The topological polar surface area (TPSA) is 24.4 Å². The highest BCUT2D eigenvalue weighted by atomic mass is 14.9. The summed E-state index contributed by atoms with van der Waals surface area (Å²) in [4.78, 5) is 3.95. The van der Waals surface area contributed by atoms with Crippen molar-refractivity contribution >= 4 is 6.72 Å². The van der Waals surface area contributed by atoms with Crippen molar-refractivity contribution in [3.05, 3.63) is 23.2 Å². The molecular formula is C9H14N2. The number of aliphatic imine (C=N–C) groups is 1. The molecule has 0 aromatic rings. The van der Waals surface area contributed by atoms with Gasteiger partial charge in [0.2, 0.25) is 0 Å². The molecule has 0 saturated carbocycles. The van der Waals surface area contributed by atoms with Gasteiger partial charge in [-0.2, -0.15) is 0 Å². The Morgan fingerprint density at radius 1 is 1.73 bits per heavy atom. The van der Waals surface area contributed by atoms with E-state index < -0.39 is 0 Å². The number of nitrogens with one attached hydrogen (secondary N) is 1. The third-order valence-electron chi connectivity index (χ3n) is 1.97. The lowest BCUT2D eigenvalue weighted by atomic mass is 10.1. The van der Waals surface area contributed by atoms with Gasteiger partial charge < -0.3 is 5.32 Å². The van der Waals surface area contributed by atoms with Crippen LogP contribution in [0.1, 0.15) is 26.7 Å². The van der Waals surface area contributed by atoms with E-state index >= 15 is 0 Å². The Morgan fingerprint density at radius 3 is 3.00 bits per heavy atom. The molecule has 1 aliphatic rings. The number of allylic oxidation sites excluding steroid dienone is 2. The van der Waals surface area contributed by atoms with Crippen LogP contribution in [-0.2, 0) is 0 Å². The fraction of sp³-hybridized carbons (Fsp3) is 0.444. The molecule has 0 aromatic heterocycles. The van der Waals surface area contributed by atoms with E-state index in [1.807, 2.05) is 6.92 Å². The number of hydrogen-bond acceptors (Lipinski definition) is 2. The summed E-state index contributed by atoms with van der Waals surface area (Å²) in [7, 11) is 0. The first-order valence-corrected chi connectivity index (χ1v) is 3.88. The van der Waals surface area contributed by atoms with Crippen LogP contribution in [0.5, 0.6) is 0 Å². The van der Waals surface area contributed by atoms with Crippen molar-refractivity contribution < 1.29 is 0 Å². The van der Waals surface area contributed by atoms with E-state index in [2.05, 4.69) is 30.2 Å². The fourth-order valence-corrected chi connectivity index (χ4v) is 1.09. The maximum atomic E-state index is 3.95. The Hall–Kier alpha value is -1.05. The van der Waals surface area contributed by atoms with Gasteiger partial charge in [0.05, 0.1) is 5.70 Å². The molecule has 60 valence electrons. The summed E-state index contributed by atoms with van der Waals surface area (Å²) in [6, 6.07) is 0. The third kappa shape index (κ3) is 1.70. The zero-order valence-electron chi connectivity index (χ0n) is 7.15. The zero-order valence-corrected chi connectivity index (χ0v) is 7.15. The van der Waals surface area contributed by atoms with E-state index in [1.165, 1.54) is 5.57 Å². The molecule has 11 heavy (non-hydrogen) atoms. The molecule has 2 heteroatoms. The molecule has 0 radical (unpaired) electrons. The van der Waals surface area contributed by atoms with Gasteiger partial charge in [0.1, 0.15) is 0 Å². The van der Waals surface area contributed by atoms with Crippen molar-refractivity contribution in [3.63, 3.8) is 0 Å². The summed E-state index contributed by atoms with van der Waals surface area (Å²) in [6.45, 7) is 7.70. The SMILES string of the molecule is C=NC1=C(C)NC=C(CC)C1. The molecule has 0 amide bonds. The van der Waals surface area contributed by atoms with Crippen molar-refractivity contribution in [1.29, 1.82) is 0 Å². The molecule has 0 unspecified atom stereocenters. The standard InChI is InChI=1S/C9H14N2/c1-4-8-5-9(10-3)7(2)11-6-8/h6,11H,3-5H2,1-2H3. The van der Waals surface area contributed by atoms with Gasteiger partial charge in [-0.15, -0.1) is 0 Å². The van der Waals surface area contributed by atoms with E-state index in [0.29, 0.717) is 0 Å². The lowest BCUT2D eigenvalue weighted by molar-refractivity contribution is 0.854. The molecule has 0 aromatic carbocycles. The monoisotopic (exact) mass is 150 g/mol. The molecule has 1 N–H and O–H groups in total. The lowest BCUT2D eigenvalue weighted by Gasteiger charge is -2.15. The van der Waals surface area contributed by atoms with Crippen LogP contribution in [0.3, 0.4) is 0 Å². The molecule has 0 aliphatic carbocycles. The van der Waals surface area contributed by atoms with Crippen LogP contribution in [-0.4, -0.2) is 6.72 Å². The number of nitrogens with zero attached hydrogens (tertiary/aromatic N) is 1. The van der Waals surface area contributed by atoms with Gasteiger partial charge >= 0.3 is 0 Å². The maximum absolute atomic E-state index is 3.95. The smallest absolute Gasteiger partial charge is 0.0626 e. The van der Waals surface area contributed by atoms with Crippen molar-refractivity contribution in [1.82, 2.24) is 5.32 Å². The van der Waals surface area contributed by atoms with Gasteiger partial charge in [0, 0.05) is 18.3 Å². The Labute approximate surface area is 67.7 Å². The Balaban J connectivity index is 2.72.